The van der Waals surface area contributed by atoms with Crippen LogP contribution >= 0.6 is 0 Å². The summed E-state index contributed by atoms with van der Waals surface area (Å²) < 4.78 is 17.8. The summed E-state index contributed by atoms with van der Waals surface area (Å²) in [6, 6.07) is 12.2. The second-order valence-electron chi connectivity index (χ2n) is 8.74. The Morgan fingerprint density at radius 1 is 1.03 bits per heavy atom. The zero-order valence-corrected chi connectivity index (χ0v) is 19.7. The Kier molecular flexibility index (Phi) is 6.72. The van der Waals surface area contributed by atoms with E-state index in [9.17, 15) is 9.59 Å². The van der Waals surface area contributed by atoms with Crippen LogP contribution in [0.3, 0.4) is 0 Å². The Labute approximate surface area is 194 Å². The molecule has 1 unspecified atom stereocenters. The molecule has 1 aromatic heterocycles. The molecule has 0 aliphatic carbocycles. The number of carbonyl (C=O) groups excluding carboxylic acids is 1. The number of ether oxygens (including phenoxy) is 2. The van der Waals surface area contributed by atoms with Gasteiger partial charge in [-0.2, -0.15) is 0 Å². The molecule has 1 aliphatic heterocycles. The maximum Gasteiger partial charge on any atom is 0.290 e. The van der Waals surface area contributed by atoms with Crippen LogP contribution in [0.5, 0.6) is 11.5 Å². The zero-order valence-electron chi connectivity index (χ0n) is 19.7. The Hall–Kier alpha value is -3.28. The molecule has 33 heavy (non-hydrogen) atoms. The summed E-state index contributed by atoms with van der Waals surface area (Å²) in [4.78, 5) is 28.5. The van der Waals surface area contributed by atoms with Crippen LogP contribution in [-0.2, 0) is 0 Å². The van der Waals surface area contributed by atoms with Gasteiger partial charge in [-0.3, -0.25) is 9.59 Å². The van der Waals surface area contributed by atoms with Gasteiger partial charge >= 0.3 is 0 Å². The molecule has 174 valence electrons. The van der Waals surface area contributed by atoms with Gasteiger partial charge in [0.1, 0.15) is 5.58 Å². The minimum absolute atomic E-state index is 0.132. The van der Waals surface area contributed by atoms with E-state index in [-0.39, 0.29) is 17.1 Å². The molecule has 0 saturated heterocycles. The summed E-state index contributed by atoms with van der Waals surface area (Å²) in [7, 11) is 0. The van der Waals surface area contributed by atoms with Crippen LogP contribution in [0.15, 0.2) is 51.7 Å². The topological polar surface area (TPSA) is 69.0 Å². The highest BCUT2D eigenvalue weighted by Gasteiger charge is 2.42. The highest BCUT2D eigenvalue weighted by atomic mass is 16.5. The maximum atomic E-state index is 13.5. The maximum absolute atomic E-state index is 13.5. The summed E-state index contributed by atoms with van der Waals surface area (Å²) in [5.41, 5.74) is 1.45. The van der Waals surface area contributed by atoms with Gasteiger partial charge in [0, 0.05) is 6.54 Å². The number of nitrogens with zero attached hydrogens (tertiary/aromatic N) is 1. The molecule has 0 bridgehead atoms. The molecule has 2 heterocycles. The summed E-state index contributed by atoms with van der Waals surface area (Å²) in [5, 5.41) is 0.478. The van der Waals surface area contributed by atoms with Gasteiger partial charge in [-0.15, -0.1) is 0 Å². The summed E-state index contributed by atoms with van der Waals surface area (Å²) in [5.74, 6) is 1.69. The van der Waals surface area contributed by atoms with E-state index in [2.05, 4.69) is 13.8 Å². The van der Waals surface area contributed by atoms with Crippen LogP contribution in [0.4, 0.5) is 0 Å². The van der Waals surface area contributed by atoms with E-state index in [1.165, 1.54) is 0 Å². The van der Waals surface area contributed by atoms with E-state index in [0.717, 1.165) is 18.4 Å². The molecule has 1 aliphatic rings. The van der Waals surface area contributed by atoms with Gasteiger partial charge in [0.15, 0.2) is 16.9 Å². The zero-order chi connectivity index (χ0) is 23.5. The van der Waals surface area contributed by atoms with Crippen LogP contribution in [0.2, 0.25) is 0 Å². The molecule has 3 aromatic rings. The van der Waals surface area contributed by atoms with E-state index in [1.54, 1.807) is 29.2 Å². The third-order valence-electron chi connectivity index (χ3n) is 5.87. The number of para-hydroxylation sites is 1. The van der Waals surface area contributed by atoms with E-state index in [0.29, 0.717) is 53.7 Å². The normalized spacial score (nSPS) is 15.4. The van der Waals surface area contributed by atoms with Crippen LogP contribution in [0.25, 0.3) is 11.0 Å². The SMILES string of the molecule is CCCN1C(=O)c2oc3ccccc3c(=O)c2C1c1ccc(OCCC(C)C)c(OCC)c1. The van der Waals surface area contributed by atoms with E-state index >= 15 is 0 Å². The second-order valence-corrected chi connectivity index (χ2v) is 8.74. The molecular formula is C27H31NO5. The van der Waals surface area contributed by atoms with Crippen LogP contribution in [0, 0.1) is 5.92 Å². The van der Waals surface area contributed by atoms with Gasteiger partial charge in [-0.1, -0.05) is 39.0 Å². The third-order valence-corrected chi connectivity index (χ3v) is 5.87. The number of rotatable bonds is 9. The number of fused-ring (bicyclic) bond motifs is 2. The third kappa shape index (κ3) is 4.34. The molecule has 0 N–H and O–H groups in total. The Bertz CT molecular complexity index is 1210. The fourth-order valence-electron chi connectivity index (χ4n) is 4.27. The van der Waals surface area contributed by atoms with Crippen LogP contribution < -0.4 is 14.9 Å². The van der Waals surface area contributed by atoms with Gasteiger partial charge in [0.2, 0.25) is 5.76 Å². The fourth-order valence-corrected chi connectivity index (χ4v) is 4.27. The second kappa shape index (κ2) is 9.69. The average Bonchev–Trinajstić information content (AvgIpc) is 3.07. The van der Waals surface area contributed by atoms with Gasteiger partial charge in [-0.25, -0.2) is 0 Å². The van der Waals surface area contributed by atoms with Crippen LogP contribution in [0.1, 0.15) is 68.3 Å². The molecule has 1 atom stereocenters. The molecule has 2 aromatic carbocycles. The Morgan fingerprint density at radius 2 is 1.82 bits per heavy atom. The quantitative estimate of drug-likeness (QED) is 0.427. The fraction of sp³-hybridized carbons (Fsp3) is 0.407. The Balaban J connectivity index is 1.82. The summed E-state index contributed by atoms with van der Waals surface area (Å²) >= 11 is 0. The number of benzene rings is 2. The molecule has 0 saturated carbocycles. The van der Waals surface area contributed by atoms with Crippen molar-refractivity contribution >= 4 is 16.9 Å². The first-order chi connectivity index (χ1) is 16.0. The Morgan fingerprint density at radius 3 is 2.55 bits per heavy atom. The van der Waals surface area contributed by atoms with Crippen molar-refractivity contribution in [3.63, 3.8) is 0 Å². The molecular weight excluding hydrogens is 418 g/mol. The van der Waals surface area contributed by atoms with Crippen molar-refractivity contribution in [3.8, 4) is 11.5 Å². The lowest BCUT2D eigenvalue weighted by atomic mass is 9.98. The first kappa shape index (κ1) is 22.9. The summed E-state index contributed by atoms with van der Waals surface area (Å²) in [6.45, 7) is 9.83. The first-order valence-corrected chi connectivity index (χ1v) is 11.7. The van der Waals surface area contributed by atoms with Crippen molar-refractivity contribution in [1.29, 1.82) is 0 Å². The van der Waals surface area contributed by atoms with E-state index < -0.39 is 6.04 Å². The van der Waals surface area contributed by atoms with Crippen molar-refractivity contribution in [2.75, 3.05) is 19.8 Å². The standard InChI is InChI=1S/C27H31NO5/c1-5-14-28-24(18-11-12-21(22(16-18)31-6-2)32-15-13-17(3)4)23-25(29)19-9-7-8-10-20(19)33-26(23)27(28)30/h7-12,16-17,24H,5-6,13-15H2,1-4H3. The average molecular weight is 450 g/mol. The highest BCUT2D eigenvalue weighted by molar-refractivity contribution is 5.99. The predicted molar refractivity (Wildman–Crippen MR) is 128 cm³/mol. The lowest BCUT2D eigenvalue weighted by molar-refractivity contribution is 0.0728. The molecule has 0 spiro atoms. The number of hydrogen-bond donors (Lipinski definition) is 0. The molecule has 0 radical (unpaired) electrons. The highest BCUT2D eigenvalue weighted by Crippen LogP contribution is 2.41. The van der Waals surface area contributed by atoms with Gasteiger partial charge < -0.3 is 18.8 Å². The monoisotopic (exact) mass is 449 g/mol. The van der Waals surface area contributed by atoms with Crippen molar-refractivity contribution in [2.45, 2.75) is 46.6 Å². The molecule has 1 amide bonds. The minimum Gasteiger partial charge on any atom is -0.490 e. The number of amides is 1. The van der Waals surface area contributed by atoms with E-state index in [4.69, 9.17) is 13.9 Å². The predicted octanol–water partition coefficient (Wildman–Crippen LogP) is 5.57. The molecule has 4 rings (SSSR count). The summed E-state index contributed by atoms with van der Waals surface area (Å²) in [6.07, 6.45) is 1.70. The largest absolute Gasteiger partial charge is 0.490 e. The lowest BCUT2D eigenvalue weighted by Crippen LogP contribution is -2.30. The van der Waals surface area contributed by atoms with Crippen molar-refractivity contribution in [2.24, 2.45) is 5.92 Å². The van der Waals surface area contributed by atoms with Crippen molar-refractivity contribution in [3.05, 3.63) is 69.6 Å². The molecule has 6 heteroatoms. The lowest BCUT2D eigenvalue weighted by Gasteiger charge is -2.25. The number of carbonyl (C=O) groups is 1. The van der Waals surface area contributed by atoms with Crippen LogP contribution in [-0.4, -0.2) is 30.6 Å². The van der Waals surface area contributed by atoms with Gasteiger partial charge in [0.25, 0.3) is 5.91 Å². The van der Waals surface area contributed by atoms with Gasteiger partial charge in [-0.05, 0) is 55.5 Å². The van der Waals surface area contributed by atoms with E-state index in [1.807, 2.05) is 32.0 Å². The molecule has 6 nitrogen and oxygen atoms in total. The minimum atomic E-state index is -0.530. The smallest absolute Gasteiger partial charge is 0.290 e. The molecule has 0 fully saturated rings. The van der Waals surface area contributed by atoms with Crippen molar-refractivity contribution in [1.82, 2.24) is 4.90 Å². The first-order valence-electron chi connectivity index (χ1n) is 11.7. The van der Waals surface area contributed by atoms with Gasteiger partial charge in [0.05, 0.1) is 30.2 Å². The van der Waals surface area contributed by atoms with Crippen molar-refractivity contribution < 1.29 is 18.7 Å². The number of hydrogen-bond acceptors (Lipinski definition) is 5.